The van der Waals surface area contributed by atoms with E-state index < -0.39 is 23.3 Å². The highest BCUT2D eigenvalue weighted by Gasteiger charge is 2.40. The fourth-order valence-electron chi connectivity index (χ4n) is 4.69. The van der Waals surface area contributed by atoms with Crippen molar-refractivity contribution in [2.45, 2.75) is 51.9 Å². The van der Waals surface area contributed by atoms with E-state index in [1.54, 1.807) is 6.07 Å². The first-order chi connectivity index (χ1) is 15.4. The zero-order chi connectivity index (χ0) is 24.1. The number of benzene rings is 2. The van der Waals surface area contributed by atoms with Gasteiger partial charge in [0.15, 0.2) is 5.78 Å². The highest BCUT2D eigenvalue weighted by molar-refractivity contribution is 6.31. The molecule has 0 amide bonds. The fourth-order valence-corrected chi connectivity index (χ4v) is 4.87. The number of hydrogen-bond acceptors (Lipinski definition) is 2. The molecule has 0 saturated heterocycles. The lowest BCUT2D eigenvalue weighted by Crippen LogP contribution is -2.48. The summed E-state index contributed by atoms with van der Waals surface area (Å²) in [5.41, 5.74) is 0.899. The van der Waals surface area contributed by atoms with Gasteiger partial charge in [0.1, 0.15) is 17.3 Å². The zero-order valence-corrected chi connectivity index (χ0v) is 19.7. The molecule has 33 heavy (non-hydrogen) atoms. The molecule has 2 atom stereocenters. The molecule has 2 unspecified atom stereocenters. The SMILES string of the molecule is CC(=O)/C=C/c1cc(F)c(C2c3[nH]c4ccc(Cl)cc4c3CC(C)N2CC(C)(C)F)c(F)c1. The molecule has 1 aliphatic rings. The lowest BCUT2D eigenvalue weighted by molar-refractivity contribution is -0.112. The summed E-state index contributed by atoms with van der Waals surface area (Å²) in [5, 5.41) is 1.47. The number of carbonyl (C=O) groups is 1. The normalized spacial score (nSPS) is 19.4. The van der Waals surface area contributed by atoms with Gasteiger partial charge >= 0.3 is 0 Å². The molecule has 3 nitrogen and oxygen atoms in total. The molecule has 3 aromatic rings. The monoisotopic (exact) mass is 474 g/mol. The highest BCUT2D eigenvalue weighted by atomic mass is 35.5. The van der Waals surface area contributed by atoms with Crippen LogP contribution in [0.25, 0.3) is 17.0 Å². The van der Waals surface area contributed by atoms with E-state index in [-0.39, 0.29) is 29.5 Å². The van der Waals surface area contributed by atoms with E-state index in [4.69, 9.17) is 11.6 Å². The van der Waals surface area contributed by atoms with Crippen molar-refractivity contribution >= 4 is 34.4 Å². The largest absolute Gasteiger partial charge is 0.357 e. The van der Waals surface area contributed by atoms with Crippen LogP contribution in [0.15, 0.2) is 36.4 Å². The van der Waals surface area contributed by atoms with Crippen LogP contribution in [0.5, 0.6) is 0 Å². The van der Waals surface area contributed by atoms with Gasteiger partial charge in [0, 0.05) is 39.8 Å². The maximum atomic E-state index is 15.5. The fraction of sp³-hybridized carbons (Fsp3) is 0.346. The van der Waals surface area contributed by atoms with E-state index in [1.807, 2.05) is 24.0 Å². The van der Waals surface area contributed by atoms with Gasteiger partial charge in [0.25, 0.3) is 0 Å². The molecule has 0 bridgehead atoms. The first kappa shape index (κ1) is 23.6. The minimum atomic E-state index is -1.57. The lowest BCUT2D eigenvalue weighted by atomic mass is 9.87. The number of rotatable bonds is 5. The third kappa shape index (κ3) is 4.73. The number of allylic oxidation sites excluding steroid dienone is 1. The molecule has 0 spiro atoms. The molecular formula is C26H26ClF3N2O. The number of hydrogen-bond donors (Lipinski definition) is 1. The Morgan fingerprint density at radius 1 is 1.24 bits per heavy atom. The number of nitrogens with zero attached hydrogens (tertiary/aromatic N) is 1. The average molecular weight is 475 g/mol. The van der Waals surface area contributed by atoms with Gasteiger partial charge in [-0.2, -0.15) is 0 Å². The second kappa shape index (κ2) is 8.65. The number of halogens is 4. The number of alkyl halides is 1. The van der Waals surface area contributed by atoms with Crippen LogP contribution in [-0.4, -0.2) is 33.9 Å². The van der Waals surface area contributed by atoms with Gasteiger partial charge in [-0.1, -0.05) is 17.7 Å². The van der Waals surface area contributed by atoms with Crippen LogP contribution in [0, 0.1) is 11.6 Å². The third-order valence-electron chi connectivity index (χ3n) is 6.02. The number of nitrogens with one attached hydrogen (secondary N) is 1. The minimum absolute atomic E-state index is 0.000729. The number of ketones is 1. The van der Waals surface area contributed by atoms with Crippen LogP contribution < -0.4 is 0 Å². The molecule has 0 radical (unpaired) electrons. The van der Waals surface area contributed by atoms with Crippen molar-refractivity contribution in [1.29, 1.82) is 0 Å². The van der Waals surface area contributed by atoms with Crippen molar-refractivity contribution in [3.63, 3.8) is 0 Å². The van der Waals surface area contributed by atoms with Crippen LogP contribution in [0.2, 0.25) is 5.02 Å². The van der Waals surface area contributed by atoms with Gasteiger partial charge in [-0.05, 0) is 81.7 Å². The molecule has 1 N–H and O–H groups in total. The molecular weight excluding hydrogens is 449 g/mol. The minimum Gasteiger partial charge on any atom is -0.357 e. The standard InChI is InChI=1S/C26H26ClF3N2O/c1-14-9-19-18-12-17(27)7-8-22(18)31-24(19)25(32(14)13-26(3,4)30)23-20(28)10-16(11-21(23)29)6-5-15(2)33/h5-8,10-12,14,25,31H,9,13H2,1-4H3/b6-5+. The molecule has 0 fully saturated rings. The number of aromatic amines is 1. The summed E-state index contributed by atoms with van der Waals surface area (Å²) in [6.07, 6.45) is 3.22. The van der Waals surface area contributed by atoms with Crippen LogP contribution in [0.4, 0.5) is 13.2 Å². The first-order valence-electron chi connectivity index (χ1n) is 10.9. The molecule has 2 aromatic carbocycles. The van der Waals surface area contributed by atoms with Crippen LogP contribution in [-0.2, 0) is 11.2 Å². The Balaban J connectivity index is 1.93. The van der Waals surface area contributed by atoms with Gasteiger partial charge in [-0.25, -0.2) is 13.2 Å². The Kier molecular flexibility index (Phi) is 6.18. The smallest absolute Gasteiger partial charge is 0.152 e. The Morgan fingerprint density at radius 3 is 2.52 bits per heavy atom. The Morgan fingerprint density at radius 2 is 1.91 bits per heavy atom. The van der Waals surface area contributed by atoms with E-state index in [2.05, 4.69) is 4.98 Å². The van der Waals surface area contributed by atoms with Gasteiger partial charge in [-0.3, -0.25) is 9.69 Å². The summed E-state index contributed by atoms with van der Waals surface area (Å²) >= 11 is 6.22. The van der Waals surface area contributed by atoms with Gasteiger partial charge in [-0.15, -0.1) is 0 Å². The Bertz CT molecular complexity index is 1240. The molecule has 1 aromatic heterocycles. The van der Waals surface area contributed by atoms with Crippen molar-refractivity contribution in [2.24, 2.45) is 0 Å². The number of carbonyl (C=O) groups excluding carboxylic acids is 1. The van der Waals surface area contributed by atoms with Gasteiger partial charge in [0.05, 0.1) is 6.04 Å². The summed E-state index contributed by atoms with van der Waals surface area (Å²) in [6.45, 7) is 6.21. The van der Waals surface area contributed by atoms with Gasteiger partial charge < -0.3 is 4.98 Å². The molecule has 0 saturated carbocycles. The third-order valence-corrected chi connectivity index (χ3v) is 6.25. The second-order valence-corrected chi connectivity index (χ2v) is 9.83. The van der Waals surface area contributed by atoms with Crippen molar-refractivity contribution in [2.75, 3.05) is 6.54 Å². The quantitative estimate of drug-likeness (QED) is 0.413. The topological polar surface area (TPSA) is 36.1 Å². The van der Waals surface area contributed by atoms with E-state index >= 15 is 8.78 Å². The van der Waals surface area contributed by atoms with Crippen molar-refractivity contribution < 1.29 is 18.0 Å². The van der Waals surface area contributed by atoms with Crippen LogP contribution in [0.3, 0.4) is 0 Å². The molecule has 7 heteroatoms. The molecule has 2 heterocycles. The van der Waals surface area contributed by atoms with Crippen LogP contribution in [0.1, 0.15) is 56.1 Å². The molecule has 4 rings (SSSR count). The Hall–Kier alpha value is -2.57. The summed E-state index contributed by atoms with van der Waals surface area (Å²) in [4.78, 5) is 16.4. The number of H-pyrrole nitrogens is 1. The lowest BCUT2D eigenvalue weighted by Gasteiger charge is -2.43. The van der Waals surface area contributed by atoms with Crippen molar-refractivity contribution in [3.8, 4) is 0 Å². The number of fused-ring (bicyclic) bond motifs is 3. The molecule has 174 valence electrons. The number of aromatic nitrogens is 1. The maximum absolute atomic E-state index is 15.5. The van der Waals surface area contributed by atoms with Crippen molar-refractivity contribution in [1.82, 2.24) is 9.88 Å². The van der Waals surface area contributed by atoms with Gasteiger partial charge in [0.2, 0.25) is 0 Å². The summed E-state index contributed by atoms with van der Waals surface area (Å²) in [6, 6.07) is 6.81. The molecule has 1 aliphatic heterocycles. The van der Waals surface area contributed by atoms with E-state index in [0.717, 1.165) is 16.5 Å². The summed E-state index contributed by atoms with van der Waals surface area (Å²) < 4.78 is 45.7. The summed E-state index contributed by atoms with van der Waals surface area (Å²) in [7, 11) is 0. The van der Waals surface area contributed by atoms with E-state index in [0.29, 0.717) is 17.1 Å². The van der Waals surface area contributed by atoms with Crippen LogP contribution >= 0.6 is 11.6 Å². The molecule has 0 aliphatic carbocycles. The first-order valence-corrected chi connectivity index (χ1v) is 11.2. The summed E-state index contributed by atoms with van der Waals surface area (Å²) in [5.74, 6) is -1.72. The predicted octanol–water partition coefficient (Wildman–Crippen LogP) is 6.79. The van der Waals surface area contributed by atoms with E-state index in [9.17, 15) is 9.18 Å². The Labute approximate surface area is 196 Å². The average Bonchev–Trinajstić information content (AvgIpc) is 3.04. The van der Waals surface area contributed by atoms with Crippen molar-refractivity contribution in [3.05, 3.63) is 75.4 Å². The van der Waals surface area contributed by atoms with E-state index in [1.165, 1.54) is 45.1 Å². The highest BCUT2D eigenvalue weighted by Crippen LogP contribution is 2.43. The maximum Gasteiger partial charge on any atom is 0.152 e. The predicted molar refractivity (Wildman–Crippen MR) is 126 cm³/mol. The second-order valence-electron chi connectivity index (χ2n) is 9.40. The zero-order valence-electron chi connectivity index (χ0n) is 19.0.